The van der Waals surface area contributed by atoms with Crippen molar-refractivity contribution in [2.24, 2.45) is 0 Å². The Morgan fingerprint density at radius 3 is 2.52 bits per heavy atom. The van der Waals surface area contributed by atoms with Crippen LogP contribution in [-0.4, -0.2) is 54.8 Å². The van der Waals surface area contributed by atoms with E-state index in [1.54, 1.807) is 0 Å². The van der Waals surface area contributed by atoms with Crippen molar-refractivity contribution in [2.75, 3.05) is 31.1 Å². The molecule has 1 aromatic heterocycles. The summed E-state index contributed by atoms with van der Waals surface area (Å²) < 4.78 is 25.6. The monoisotopic (exact) mass is 338 g/mol. The van der Waals surface area contributed by atoms with Gasteiger partial charge in [-0.1, -0.05) is 6.42 Å². The number of ketones is 1. The molecule has 0 spiro atoms. The largest absolute Gasteiger partial charge is 0.344 e. The van der Waals surface area contributed by atoms with E-state index in [4.69, 9.17) is 0 Å². The summed E-state index contributed by atoms with van der Waals surface area (Å²) in [5.41, 5.74) is 2.68. The topological polar surface area (TPSA) is 59.4 Å². The first kappa shape index (κ1) is 16.7. The van der Waals surface area contributed by atoms with Crippen LogP contribution in [0.25, 0.3) is 0 Å². The SMILES string of the molecule is Cc1cc(C(=O)CN2CCCCC2)c(C)n1[C@H]1CCS(=O)(=O)C1. The zero-order valence-corrected chi connectivity index (χ0v) is 14.9. The third-order valence-electron chi connectivity index (χ3n) is 5.17. The van der Waals surface area contributed by atoms with Gasteiger partial charge in [-0.2, -0.15) is 0 Å². The molecule has 1 atom stereocenters. The average Bonchev–Trinajstić information content (AvgIpc) is 2.99. The van der Waals surface area contributed by atoms with E-state index in [9.17, 15) is 13.2 Å². The molecule has 0 bridgehead atoms. The fraction of sp³-hybridized carbons (Fsp3) is 0.706. The van der Waals surface area contributed by atoms with Gasteiger partial charge in [0, 0.05) is 23.0 Å². The molecule has 0 saturated carbocycles. The molecule has 5 nitrogen and oxygen atoms in total. The van der Waals surface area contributed by atoms with Gasteiger partial charge in [0.15, 0.2) is 15.6 Å². The number of carbonyl (C=O) groups is 1. The van der Waals surface area contributed by atoms with E-state index in [2.05, 4.69) is 9.47 Å². The lowest BCUT2D eigenvalue weighted by Gasteiger charge is -2.25. The summed E-state index contributed by atoms with van der Waals surface area (Å²) in [4.78, 5) is 14.9. The first-order valence-corrected chi connectivity index (χ1v) is 10.3. The van der Waals surface area contributed by atoms with E-state index in [0.29, 0.717) is 13.0 Å². The van der Waals surface area contributed by atoms with Crippen LogP contribution in [0.4, 0.5) is 0 Å². The maximum atomic E-state index is 12.7. The maximum Gasteiger partial charge on any atom is 0.178 e. The molecule has 3 rings (SSSR count). The van der Waals surface area contributed by atoms with Gasteiger partial charge >= 0.3 is 0 Å². The van der Waals surface area contributed by atoms with Crippen molar-refractivity contribution in [3.63, 3.8) is 0 Å². The Kier molecular flexibility index (Phi) is 4.65. The number of hydrogen-bond acceptors (Lipinski definition) is 4. The predicted octanol–water partition coefficient (Wildman–Crippen LogP) is 2.13. The summed E-state index contributed by atoms with van der Waals surface area (Å²) in [6.45, 7) is 6.40. The van der Waals surface area contributed by atoms with E-state index < -0.39 is 9.84 Å². The Labute approximate surface area is 138 Å². The molecule has 0 amide bonds. The number of sulfone groups is 1. The quantitative estimate of drug-likeness (QED) is 0.789. The second-order valence-corrected chi connectivity index (χ2v) is 9.20. The third kappa shape index (κ3) is 3.53. The summed E-state index contributed by atoms with van der Waals surface area (Å²) in [7, 11) is -2.92. The highest BCUT2D eigenvalue weighted by Gasteiger charge is 2.31. The number of carbonyl (C=O) groups excluding carboxylic acids is 1. The van der Waals surface area contributed by atoms with Crippen LogP contribution >= 0.6 is 0 Å². The Bertz CT molecular complexity index is 700. The van der Waals surface area contributed by atoms with Crippen LogP contribution in [0.15, 0.2) is 6.07 Å². The van der Waals surface area contributed by atoms with Gasteiger partial charge in [0.05, 0.1) is 18.1 Å². The fourth-order valence-corrected chi connectivity index (χ4v) is 5.71. The van der Waals surface area contributed by atoms with Gasteiger partial charge in [0.25, 0.3) is 0 Å². The van der Waals surface area contributed by atoms with Gasteiger partial charge in [-0.05, 0) is 52.3 Å². The summed E-state index contributed by atoms with van der Waals surface area (Å²) >= 11 is 0. The minimum absolute atomic E-state index is 0.0171. The lowest BCUT2D eigenvalue weighted by Crippen LogP contribution is -2.34. The normalized spacial score (nSPS) is 24.9. The number of likely N-dealkylation sites (tertiary alicyclic amines) is 1. The maximum absolute atomic E-state index is 12.7. The van der Waals surface area contributed by atoms with Gasteiger partial charge in [0.1, 0.15) is 0 Å². The lowest BCUT2D eigenvalue weighted by molar-refractivity contribution is 0.0915. The molecule has 0 aromatic carbocycles. The highest BCUT2D eigenvalue weighted by molar-refractivity contribution is 7.91. The van der Waals surface area contributed by atoms with Crippen LogP contribution in [0.1, 0.15) is 53.5 Å². The van der Waals surface area contributed by atoms with Crippen molar-refractivity contribution in [3.05, 3.63) is 23.0 Å². The summed E-state index contributed by atoms with van der Waals surface area (Å²) in [6.07, 6.45) is 4.26. The van der Waals surface area contributed by atoms with E-state index in [-0.39, 0.29) is 23.3 Å². The molecule has 0 aliphatic carbocycles. The second kappa shape index (κ2) is 6.40. The molecule has 23 heavy (non-hydrogen) atoms. The molecule has 0 unspecified atom stereocenters. The van der Waals surface area contributed by atoms with Crippen LogP contribution < -0.4 is 0 Å². The minimum Gasteiger partial charge on any atom is -0.344 e. The summed E-state index contributed by atoms with van der Waals surface area (Å²) in [6, 6.07) is 1.92. The summed E-state index contributed by atoms with van der Waals surface area (Å²) in [5.74, 6) is 0.613. The van der Waals surface area contributed by atoms with E-state index in [1.165, 1.54) is 19.3 Å². The van der Waals surface area contributed by atoms with Gasteiger partial charge in [0.2, 0.25) is 0 Å². The van der Waals surface area contributed by atoms with Gasteiger partial charge in [-0.25, -0.2) is 8.42 Å². The fourth-order valence-electron chi connectivity index (χ4n) is 4.01. The summed E-state index contributed by atoms with van der Waals surface area (Å²) in [5, 5.41) is 0. The number of aryl methyl sites for hydroxylation is 1. The Morgan fingerprint density at radius 1 is 1.22 bits per heavy atom. The number of aromatic nitrogens is 1. The Hall–Kier alpha value is -1.14. The number of nitrogens with zero attached hydrogens (tertiary/aromatic N) is 2. The van der Waals surface area contributed by atoms with Crippen molar-refractivity contribution in [1.82, 2.24) is 9.47 Å². The zero-order valence-electron chi connectivity index (χ0n) is 14.0. The van der Waals surface area contributed by atoms with Gasteiger partial charge < -0.3 is 4.57 Å². The number of hydrogen-bond donors (Lipinski definition) is 0. The van der Waals surface area contributed by atoms with Gasteiger partial charge in [-0.15, -0.1) is 0 Å². The smallest absolute Gasteiger partial charge is 0.178 e. The van der Waals surface area contributed by atoms with Crippen LogP contribution in [0.2, 0.25) is 0 Å². The molecule has 1 aromatic rings. The van der Waals surface area contributed by atoms with E-state index >= 15 is 0 Å². The highest BCUT2D eigenvalue weighted by atomic mass is 32.2. The van der Waals surface area contributed by atoms with E-state index in [1.807, 2.05) is 19.9 Å². The van der Waals surface area contributed by atoms with E-state index in [0.717, 1.165) is 30.0 Å². The average molecular weight is 338 g/mol. The molecule has 6 heteroatoms. The van der Waals surface area contributed by atoms with Crippen molar-refractivity contribution in [3.8, 4) is 0 Å². The van der Waals surface area contributed by atoms with Crippen molar-refractivity contribution >= 4 is 15.6 Å². The minimum atomic E-state index is -2.92. The highest BCUT2D eigenvalue weighted by Crippen LogP contribution is 2.29. The lowest BCUT2D eigenvalue weighted by atomic mass is 10.1. The molecule has 0 radical (unpaired) electrons. The first-order chi connectivity index (χ1) is 10.9. The van der Waals surface area contributed by atoms with Crippen LogP contribution in [0, 0.1) is 13.8 Å². The number of piperidine rings is 1. The number of Topliss-reactive ketones (excluding diaryl/α,β-unsaturated/α-hetero) is 1. The molecule has 128 valence electrons. The van der Waals surface area contributed by atoms with Crippen LogP contribution in [-0.2, 0) is 9.84 Å². The zero-order chi connectivity index (χ0) is 16.6. The standard InChI is InChI=1S/C17H26N2O3S/c1-13-10-16(17(20)11-18-7-4-3-5-8-18)14(2)19(13)15-6-9-23(21,22)12-15/h10,15H,3-9,11-12H2,1-2H3/t15-/m0/s1. The Morgan fingerprint density at radius 2 is 1.91 bits per heavy atom. The molecule has 0 N–H and O–H groups in total. The number of rotatable bonds is 4. The van der Waals surface area contributed by atoms with Crippen LogP contribution in [0.3, 0.4) is 0 Å². The predicted molar refractivity (Wildman–Crippen MR) is 90.8 cm³/mol. The second-order valence-electron chi connectivity index (χ2n) is 6.97. The molecular weight excluding hydrogens is 312 g/mol. The molecule has 2 aliphatic heterocycles. The van der Waals surface area contributed by atoms with Crippen molar-refractivity contribution in [1.29, 1.82) is 0 Å². The van der Waals surface area contributed by atoms with Gasteiger partial charge in [-0.3, -0.25) is 9.69 Å². The molecule has 3 heterocycles. The van der Waals surface area contributed by atoms with Crippen molar-refractivity contribution < 1.29 is 13.2 Å². The molecule has 2 fully saturated rings. The van der Waals surface area contributed by atoms with Crippen LogP contribution in [0.5, 0.6) is 0 Å². The Balaban J connectivity index is 1.78. The first-order valence-electron chi connectivity index (χ1n) is 8.52. The molecular formula is C17H26N2O3S. The third-order valence-corrected chi connectivity index (χ3v) is 6.92. The molecule has 2 aliphatic rings. The molecule has 2 saturated heterocycles. The van der Waals surface area contributed by atoms with Crippen molar-refractivity contribution in [2.45, 2.75) is 45.6 Å².